The molecule has 1 atom stereocenters. The second-order valence-corrected chi connectivity index (χ2v) is 6.80. The van der Waals surface area contributed by atoms with E-state index in [1.807, 2.05) is 23.9 Å². The smallest absolute Gasteiger partial charge is 0.225 e. The number of halogens is 1. The van der Waals surface area contributed by atoms with Crippen molar-refractivity contribution in [3.63, 3.8) is 0 Å². The zero-order chi connectivity index (χ0) is 14.0. The summed E-state index contributed by atoms with van der Waals surface area (Å²) in [7, 11) is 0. The highest BCUT2D eigenvalue weighted by atomic mass is 32.2. The zero-order valence-corrected chi connectivity index (χ0v) is 11.9. The van der Waals surface area contributed by atoms with Gasteiger partial charge in [0.1, 0.15) is 11.9 Å². The first-order valence-corrected chi connectivity index (χ1v) is 7.74. The lowest BCUT2D eigenvalue weighted by Gasteiger charge is -2.47. The van der Waals surface area contributed by atoms with Crippen molar-refractivity contribution in [1.82, 2.24) is 9.88 Å². The molecule has 1 amide bonds. The van der Waals surface area contributed by atoms with Crippen molar-refractivity contribution in [1.29, 1.82) is 0 Å². The zero-order valence-electron chi connectivity index (χ0n) is 11.1. The van der Waals surface area contributed by atoms with Gasteiger partial charge in [0.05, 0.1) is 24.0 Å². The van der Waals surface area contributed by atoms with Gasteiger partial charge in [0.2, 0.25) is 5.91 Å². The maximum Gasteiger partial charge on any atom is 0.225 e. The Kier molecular flexibility index (Phi) is 3.83. The van der Waals surface area contributed by atoms with Crippen LogP contribution in [0.25, 0.3) is 0 Å². The van der Waals surface area contributed by atoms with Crippen molar-refractivity contribution in [2.75, 3.05) is 25.5 Å². The molecule has 3 rings (SSSR count). The molecule has 0 bridgehead atoms. The Balaban J connectivity index is 1.50. The molecule has 2 saturated heterocycles. The molecule has 1 spiro atoms. The van der Waals surface area contributed by atoms with E-state index in [-0.39, 0.29) is 23.2 Å². The maximum absolute atomic E-state index is 12.2. The third kappa shape index (κ3) is 2.75. The summed E-state index contributed by atoms with van der Waals surface area (Å²) >= 11 is 1.87. The summed E-state index contributed by atoms with van der Waals surface area (Å²) in [5, 5.41) is 0. The van der Waals surface area contributed by atoms with Crippen LogP contribution in [-0.2, 0) is 4.79 Å². The second-order valence-electron chi connectivity index (χ2n) is 5.32. The van der Waals surface area contributed by atoms with Crippen LogP contribution in [0.2, 0.25) is 0 Å². The number of pyridine rings is 1. The molecule has 20 heavy (non-hydrogen) atoms. The van der Waals surface area contributed by atoms with Gasteiger partial charge < -0.3 is 9.64 Å². The van der Waals surface area contributed by atoms with Gasteiger partial charge in [-0.2, -0.15) is 0 Å². The number of alkyl halides is 1. The Morgan fingerprint density at radius 2 is 2.45 bits per heavy atom. The number of carbonyl (C=O) groups excluding carboxylic acids is 1. The van der Waals surface area contributed by atoms with Gasteiger partial charge in [0, 0.05) is 31.5 Å². The van der Waals surface area contributed by atoms with Crippen molar-refractivity contribution >= 4 is 17.7 Å². The van der Waals surface area contributed by atoms with E-state index in [2.05, 4.69) is 4.98 Å². The number of rotatable bonds is 4. The molecule has 0 saturated carbocycles. The van der Waals surface area contributed by atoms with E-state index < -0.39 is 6.67 Å². The van der Waals surface area contributed by atoms with E-state index in [1.54, 1.807) is 17.3 Å². The number of hydrogen-bond acceptors (Lipinski definition) is 4. The second kappa shape index (κ2) is 5.60. The summed E-state index contributed by atoms with van der Waals surface area (Å²) in [4.78, 5) is 17.4. The standard InChI is InChI=1S/C14H17FN2O2S/c15-4-3-13(18)17-9-14(10-17)6-12(8-20-14)19-11-2-1-5-16-7-11/h1-2,5,7,12H,3-4,6,8-10H2/t12-/m1/s1. The number of carbonyl (C=O) groups is 1. The topological polar surface area (TPSA) is 42.4 Å². The maximum atomic E-state index is 12.2. The van der Waals surface area contributed by atoms with Crippen LogP contribution in [0.3, 0.4) is 0 Å². The summed E-state index contributed by atoms with van der Waals surface area (Å²) in [5.41, 5.74) is 0. The summed E-state index contributed by atoms with van der Waals surface area (Å²) in [5.74, 6) is 1.65. The van der Waals surface area contributed by atoms with Crippen LogP contribution in [0.5, 0.6) is 5.75 Å². The molecule has 6 heteroatoms. The SMILES string of the molecule is O=C(CCF)N1CC2(C[C@@H](Oc3cccnc3)CS2)C1. The molecule has 3 heterocycles. The monoisotopic (exact) mass is 296 g/mol. The quantitative estimate of drug-likeness (QED) is 0.851. The molecule has 1 aromatic heterocycles. The molecule has 2 aliphatic rings. The van der Waals surface area contributed by atoms with E-state index >= 15 is 0 Å². The van der Waals surface area contributed by atoms with Crippen molar-refractivity contribution in [2.45, 2.75) is 23.7 Å². The minimum atomic E-state index is -0.567. The van der Waals surface area contributed by atoms with Crippen LogP contribution in [0, 0.1) is 0 Å². The summed E-state index contributed by atoms with van der Waals surface area (Å²) in [6.45, 7) is 0.884. The summed E-state index contributed by atoms with van der Waals surface area (Å²) in [6.07, 6.45) is 4.55. The van der Waals surface area contributed by atoms with Crippen molar-refractivity contribution in [3.8, 4) is 5.75 Å². The molecular formula is C14H17FN2O2S. The fourth-order valence-electron chi connectivity index (χ4n) is 2.77. The van der Waals surface area contributed by atoms with Crippen LogP contribution in [0.15, 0.2) is 24.5 Å². The minimum Gasteiger partial charge on any atom is -0.488 e. The number of ether oxygens (including phenoxy) is 1. The number of hydrogen-bond donors (Lipinski definition) is 0. The average Bonchev–Trinajstić information content (AvgIpc) is 2.83. The fraction of sp³-hybridized carbons (Fsp3) is 0.571. The molecule has 4 nitrogen and oxygen atoms in total. The molecule has 2 fully saturated rings. The van der Waals surface area contributed by atoms with E-state index in [0.29, 0.717) is 0 Å². The first kappa shape index (κ1) is 13.7. The summed E-state index contributed by atoms with van der Waals surface area (Å²) in [6, 6.07) is 3.76. The highest BCUT2D eigenvalue weighted by Gasteiger charge is 2.51. The highest BCUT2D eigenvalue weighted by molar-refractivity contribution is 8.01. The molecule has 2 aliphatic heterocycles. The Labute approximate surface area is 121 Å². The van der Waals surface area contributed by atoms with E-state index in [9.17, 15) is 9.18 Å². The number of thioether (sulfide) groups is 1. The first-order valence-electron chi connectivity index (χ1n) is 6.75. The van der Waals surface area contributed by atoms with Gasteiger partial charge in [-0.15, -0.1) is 11.8 Å². The van der Waals surface area contributed by atoms with Crippen LogP contribution < -0.4 is 4.74 Å². The molecule has 0 aromatic carbocycles. The minimum absolute atomic E-state index is 0.0103. The Morgan fingerprint density at radius 3 is 3.15 bits per heavy atom. The first-order chi connectivity index (χ1) is 9.71. The van der Waals surface area contributed by atoms with Crippen molar-refractivity contribution in [3.05, 3.63) is 24.5 Å². The van der Waals surface area contributed by atoms with Gasteiger partial charge in [0.25, 0.3) is 0 Å². The van der Waals surface area contributed by atoms with Gasteiger partial charge in [-0.25, -0.2) is 0 Å². The number of likely N-dealkylation sites (tertiary alicyclic amines) is 1. The third-order valence-corrected chi connectivity index (χ3v) is 5.31. The van der Waals surface area contributed by atoms with Crippen LogP contribution in [-0.4, -0.2) is 52.2 Å². The van der Waals surface area contributed by atoms with E-state index in [0.717, 1.165) is 31.0 Å². The molecule has 0 N–H and O–H groups in total. The predicted octanol–water partition coefficient (Wildman–Crippen LogP) is 1.91. The Morgan fingerprint density at radius 1 is 1.60 bits per heavy atom. The van der Waals surface area contributed by atoms with Crippen LogP contribution in [0.4, 0.5) is 4.39 Å². The normalized spacial score (nSPS) is 23.6. The molecule has 0 radical (unpaired) electrons. The van der Waals surface area contributed by atoms with Crippen molar-refractivity contribution in [2.24, 2.45) is 0 Å². The van der Waals surface area contributed by atoms with Gasteiger partial charge in [-0.3, -0.25) is 14.2 Å². The highest BCUT2D eigenvalue weighted by Crippen LogP contribution is 2.46. The van der Waals surface area contributed by atoms with Gasteiger partial charge in [-0.05, 0) is 12.1 Å². The summed E-state index contributed by atoms with van der Waals surface area (Å²) < 4.78 is 18.2. The largest absolute Gasteiger partial charge is 0.488 e. The predicted molar refractivity (Wildman–Crippen MR) is 75.6 cm³/mol. The Hall–Kier alpha value is -1.30. The molecular weight excluding hydrogens is 279 g/mol. The molecule has 1 aromatic rings. The van der Waals surface area contributed by atoms with Crippen LogP contribution >= 0.6 is 11.8 Å². The van der Waals surface area contributed by atoms with E-state index in [4.69, 9.17) is 4.74 Å². The van der Waals surface area contributed by atoms with Gasteiger partial charge in [0.15, 0.2) is 0 Å². The lowest BCUT2D eigenvalue weighted by Crippen LogP contribution is -2.60. The van der Waals surface area contributed by atoms with E-state index in [1.165, 1.54) is 0 Å². The van der Waals surface area contributed by atoms with Crippen molar-refractivity contribution < 1.29 is 13.9 Å². The molecule has 0 aliphatic carbocycles. The number of aromatic nitrogens is 1. The van der Waals surface area contributed by atoms with Gasteiger partial charge in [-0.1, -0.05) is 0 Å². The third-order valence-electron chi connectivity index (χ3n) is 3.73. The lowest BCUT2D eigenvalue weighted by molar-refractivity contribution is -0.136. The molecule has 0 unspecified atom stereocenters. The average molecular weight is 296 g/mol. The number of amides is 1. The lowest BCUT2D eigenvalue weighted by atomic mass is 9.92. The Bertz CT molecular complexity index is 479. The number of nitrogens with zero attached hydrogens (tertiary/aromatic N) is 2. The molecule has 108 valence electrons. The van der Waals surface area contributed by atoms with Crippen LogP contribution in [0.1, 0.15) is 12.8 Å². The van der Waals surface area contributed by atoms with Gasteiger partial charge >= 0.3 is 0 Å². The fourth-order valence-corrected chi connectivity index (χ4v) is 4.30.